The van der Waals surface area contributed by atoms with Gasteiger partial charge in [0.05, 0.1) is 5.56 Å². The molecule has 0 saturated heterocycles. The molecule has 1 aromatic heterocycles. The third-order valence-electron chi connectivity index (χ3n) is 4.51. The van der Waals surface area contributed by atoms with Gasteiger partial charge in [0.25, 0.3) is 12.1 Å². The first-order chi connectivity index (χ1) is 15.3. The Morgan fingerprint density at radius 3 is 2.39 bits per heavy atom. The molecule has 2 heterocycles. The zero-order valence-corrected chi connectivity index (χ0v) is 17.9. The van der Waals surface area contributed by atoms with Gasteiger partial charge in [0.15, 0.2) is 5.54 Å². The van der Waals surface area contributed by atoms with Crippen LogP contribution in [0.1, 0.15) is 23.0 Å². The van der Waals surface area contributed by atoms with Gasteiger partial charge in [0.1, 0.15) is 16.1 Å². The molecule has 1 aromatic carbocycles. The molecule has 7 nitrogen and oxygen atoms in total. The molecule has 0 saturated carbocycles. The molecule has 1 N–H and O–H groups in total. The van der Waals surface area contributed by atoms with E-state index in [1.54, 1.807) is 11.4 Å². The number of nitrogens with zero attached hydrogens (tertiary/aromatic N) is 2. The van der Waals surface area contributed by atoms with E-state index in [1.807, 2.05) is 0 Å². The minimum Gasteiger partial charge on any atom is -0.445 e. The fourth-order valence-corrected chi connectivity index (χ4v) is 3.18. The predicted octanol–water partition coefficient (Wildman–Crippen LogP) is 4.72. The van der Waals surface area contributed by atoms with Crippen LogP contribution in [0, 0.1) is 5.82 Å². The highest BCUT2D eigenvalue weighted by atomic mass is 79.9. The van der Waals surface area contributed by atoms with Crippen molar-refractivity contribution in [2.24, 2.45) is 4.99 Å². The number of aliphatic imine (C=N–C) groups is 1. The van der Waals surface area contributed by atoms with Crippen molar-refractivity contribution in [3.63, 3.8) is 0 Å². The summed E-state index contributed by atoms with van der Waals surface area (Å²) < 4.78 is 93.1. The largest absolute Gasteiger partial charge is 0.445 e. The van der Waals surface area contributed by atoms with Crippen LogP contribution in [0.4, 0.5) is 31.1 Å². The molecule has 1 aliphatic rings. The van der Waals surface area contributed by atoms with Gasteiger partial charge in [-0.05, 0) is 47.1 Å². The van der Waals surface area contributed by atoms with E-state index in [0.29, 0.717) is 13.0 Å². The predicted molar refractivity (Wildman–Crippen MR) is 103 cm³/mol. The molecule has 0 fully saturated rings. The van der Waals surface area contributed by atoms with Crippen molar-refractivity contribution in [3.8, 4) is 0 Å². The van der Waals surface area contributed by atoms with Gasteiger partial charge in [0.2, 0.25) is 0 Å². The average molecular weight is 540 g/mol. The highest BCUT2D eigenvalue weighted by Gasteiger charge is 2.71. The first-order valence-electron chi connectivity index (χ1n) is 8.87. The SMILES string of the molecule is C[C@]1(c2nc(Br)ccc2F)N=C(NC(=O)OC(=O)c2ccccc2)O[C@H](C(F)(F)F)C1(F)F. The molecule has 1 aliphatic heterocycles. The number of hydrogen-bond donors (Lipinski definition) is 1. The molecule has 0 spiro atoms. The molecule has 0 unspecified atom stereocenters. The van der Waals surface area contributed by atoms with E-state index < -0.39 is 53.3 Å². The summed E-state index contributed by atoms with van der Waals surface area (Å²) in [5.41, 5.74) is -4.50. The van der Waals surface area contributed by atoms with Crippen LogP contribution in [-0.4, -0.2) is 41.3 Å². The van der Waals surface area contributed by atoms with E-state index in [1.165, 1.54) is 24.3 Å². The summed E-state index contributed by atoms with van der Waals surface area (Å²) in [6.45, 7) is 0.494. The van der Waals surface area contributed by atoms with Gasteiger partial charge in [-0.1, -0.05) is 18.2 Å². The smallest absolute Gasteiger partial charge is 0.431 e. The minimum atomic E-state index is -5.67. The fraction of sp³-hybridized carbons (Fsp3) is 0.263. The molecule has 14 heteroatoms. The van der Waals surface area contributed by atoms with Gasteiger partial charge < -0.3 is 9.47 Å². The second kappa shape index (κ2) is 8.65. The topological polar surface area (TPSA) is 89.9 Å². The number of pyridine rings is 1. The highest BCUT2D eigenvalue weighted by molar-refractivity contribution is 9.10. The monoisotopic (exact) mass is 539 g/mol. The summed E-state index contributed by atoms with van der Waals surface area (Å²) in [5, 5.41) is 1.57. The lowest BCUT2D eigenvalue weighted by Crippen LogP contribution is -2.63. The summed E-state index contributed by atoms with van der Waals surface area (Å²) >= 11 is 2.83. The van der Waals surface area contributed by atoms with E-state index in [0.717, 1.165) is 6.07 Å². The van der Waals surface area contributed by atoms with Crippen LogP contribution in [0.3, 0.4) is 0 Å². The number of hydrogen-bond acceptors (Lipinski definition) is 6. The minimum absolute atomic E-state index is 0.0795. The van der Waals surface area contributed by atoms with Crippen LogP contribution in [0.15, 0.2) is 52.1 Å². The normalized spacial score (nSPS) is 22.1. The Kier molecular flexibility index (Phi) is 6.42. The molecule has 2 atom stereocenters. The van der Waals surface area contributed by atoms with Gasteiger partial charge in [0, 0.05) is 0 Å². The number of carbonyl (C=O) groups is 2. The zero-order valence-electron chi connectivity index (χ0n) is 16.3. The van der Waals surface area contributed by atoms with Gasteiger partial charge in [-0.3, -0.25) is 0 Å². The number of rotatable bonds is 2. The van der Waals surface area contributed by atoms with Crippen LogP contribution >= 0.6 is 15.9 Å². The van der Waals surface area contributed by atoms with Crippen molar-refractivity contribution >= 4 is 34.0 Å². The first-order valence-corrected chi connectivity index (χ1v) is 9.67. The average Bonchev–Trinajstić information content (AvgIpc) is 2.72. The Hall–Kier alpha value is -3.16. The molecular weight excluding hydrogens is 528 g/mol. The molecule has 176 valence electrons. The van der Waals surface area contributed by atoms with Gasteiger partial charge in [-0.2, -0.15) is 22.0 Å². The lowest BCUT2D eigenvalue weighted by Gasteiger charge is -2.42. The molecule has 0 bridgehead atoms. The Bertz CT molecular complexity index is 1110. The summed E-state index contributed by atoms with van der Waals surface area (Å²) in [7, 11) is 0. The van der Waals surface area contributed by atoms with Crippen molar-refractivity contribution in [1.82, 2.24) is 10.3 Å². The zero-order chi connectivity index (χ0) is 24.6. The summed E-state index contributed by atoms with van der Waals surface area (Å²) in [4.78, 5) is 30.8. The Balaban J connectivity index is 1.99. The number of carbonyl (C=O) groups excluding carboxylic acids is 2. The molecular formula is C19H12BrF6N3O4. The van der Waals surface area contributed by atoms with Gasteiger partial charge in [-0.15, -0.1) is 0 Å². The fourth-order valence-electron chi connectivity index (χ4n) is 2.88. The Morgan fingerprint density at radius 1 is 1.15 bits per heavy atom. The van der Waals surface area contributed by atoms with E-state index in [4.69, 9.17) is 0 Å². The second-order valence-electron chi connectivity index (χ2n) is 6.78. The third-order valence-corrected chi connectivity index (χ3v) is 4.95. The standard InChI is InChI=1S/C19H12BrF6N3O4/c1-17(12-10(21)7-8-11(20)27-12)18(22,23)14(19(24,25)26)33-15(29-17)28-16(31)32-13(30)9-5-3-2-4-6-9/h2-8,14H,1H3,(H,28,29,31)/t14-,17+/m0/s1. The van der Waals surface area contributed by atoms with E-state index in [2.05, 4.69) is 35.4 Å². The maximum atomic E-state index is 15.0. The number of aromatic nitrogens is 1. The van der Waals surface area contributed by atoms with Gasteiger partial charge >= 0.3 is 24.2 Å². The molecule has 33 heavy (non-hydrogen) atoms. The van der Waals surface area contributed by atoms with Crippen molar-refractivity contribution in [3.05, 3.63) is 64.1 Å². The number of benzene rings is 1. The number of amides is 1. The van der Waals surface area contributed by atoms with E-state index in [-0.39, 0.29) is 10.2 Å². The van der Waals surface area contributed by atoms with E-state index in [9.17, 15) is 35.9 Å². The van der Waals surface area contributed by atoms with Crippen molar-refractivity contribution in [2.75, 3.05) is 0 Å². The maximum absolute atomic E-state index is 15.0. The second-order valence-corrected chi connectivity index (χ2v) is 7.60. The van der Waals surface area contributed by atoms with E-state index >= 15 is 0 Å². The van der Waals surface area contributed by atoms with Crippen molar-refractivity contribution in [1.29, 1.82) is 0 Å². The lowest BCUT2D eigenvalue weighted by molar-refractivity contribution is -0.288. The number of amidine groups is 1. The third kappa shape index (κ3) is 4.79. The number of alkyl halides is 5. The molecule has 0 radical (unpaired) electrons. The number of ether oxygens (including phenoxy) is 2. The Morgan fingerprint density at radius 2 is 1.79 bits per heavy atom. The molecule has 3 rings (SSSR count). The number of alkyl carbamates (subject to hydrolysis) is 1. The summed E-state index contributed by atoms with van der Waals surface area (Å²) in [5.74, 6) is -7.44. The van der Waals surface area contributed by atoms with Crippen LogP contribution in [-0.2, 0) is 15.0 Å². The van der Waals surface area contributed by atoms with Crippen molar-refractivity contribution in [2.45, 2.75) is 30.7 Å². The van der Waals surface area contributed by atoms with Crippen LogP contribution in [0.2, 0.25) is 0 Å². The lowest BCUT2D eigenvalue weighted by atomic mass is 9.85. The Labute approximate surface area is 189 Å². The molecule has 2 aromatic rings. The maximum Gasteiger partial charge on any atom is 0.431 e. The number of esters is 1. The van der Waals surface area contributed by atoms with Crippen LogP contribution < -0.4 is 5.32 Å². The summed E-state index contributed by atoms with van der Waals surface area (Å²) in [6, 6.07) is 7.38. The molecule has 0 aliphatic carbocycles. The number of nitrogens with one attached hydrogen (secondary N) is 1. The molecule has 1 amide bonds. The first kappa shape index (κ1) is 24.5. The van der Waals surface area contributed by atoms with Crippen LogP contribution in [0.25, 0.3) is 0 Å². The van der Waals surface area contributed by atoms with Crippen LogP contribution in [0.5, 0.6) is 0 Å². The van der Waals surface area contributed by atoms with Gasteiger partial charge in [-0.25, -0.2) is 29.3 Å². The summed E-state index contributed by atoms with van der Waals surface area (Å²) in [6.07, 6.45) is -11.2. The van der Waals surface area contributed by atoms with Crippen molar-refractivity contribution < 1.29 is 45.4 Å². The highest BCUT2D eigenvalue weighted by Crippen LogP contribution is 2.50. The number of halogens is 7. The quantitative estimate of drug-likeness (QED) is 0.258.